The van der Waals surface area contributed by atoms with Crippen LogP contribution in [-0.2, 0) is 6.42 Å². The minimum atomic E-state index is -0.456. The van der Waals surface area contributed by atoms with Gasteiger partial charge in [0.25, 0.3) is 11.1 Å². The van der Waals surface area contributed by atoms with Gasteiger partial charge >= 0.3 is 0 Å². The Morgan fingerprint density at radius 2 is 1.77 bits per heavy atom. The van der Waals surface area contributed by atoms with Gasteiger partial charge in [-0.3, -0.25) is 9.59 Å². The van der Waals surface area contributed by atoms with Gasteiger partial charge in [-0.2, -0.15) is 19.7 Å². The molecule has 0 spiro atoms. The highest BCUT2D eigenvalue weighted by molar-refractivity contribution is 7.15. The van der Waals surface area contributed by atoms with Crippen molar-refractivity contribution in [3.8, 4) is 28.4 Å². The number of benzene rings is 3. The number of methoxy groups -OCH3 is 1. The van der Waals surface area contributed by atoms with Gasteiger partial charge in [0.15, 0.2) is 0 Å². The summed E-state index contributed by atoms with van der Waals surface area (Å²) < 4.78 is 14.5. The molecule has 0 aliphatic heterocycles. The molecule has 9 nitrogen and oxygen atoms in total. The second-order valence-corrected chi connectivity index (χ2v) is 11.0. The largest absolute Gasteiger partial charge is 0.497 e. The van der Waals surface area contributed by atoms with E-state index in [4.69, 9.17) is 14.6 Å². The molecular formula is C33H29N5O4S. The first kappa shape index (κ1) is 28.0. The quantitative estimate of drug-likeness (QED) is 0.242. The summed E-state index contributed by atoms with van der Waals surface area (Å²) in [6.45, 7) is 4.72. The van der Waals surface area contributed by atoms with Gasteiger partial charge in [-0.05, 0) is 73.0 Å². The molecule has 0 saturated heterocycles. The van der Waals surface area contributed by atoms with Crippen LogP contribution in [0.2, 0.25) is 0 Å². The Morgan fingerprint density at radius 3 is 2.49 bits per heavy atom. The van der Waals surface area contributed by atoms with Crippen molar-refractivity contribution in [3.63, 3.8) is 0 Å². The summed E-state index contributed by atoms with van der Waals surface area (Å²) in [5.41, 5.74) is 4.49. The number of ether oxygens (including phenoxy) is 2. The number of aromatic nitrogens is 5. The Hall–Kier alpha value is -5.09. The molecule has 0 amide bonds. The van der Waals surface area contributed by atoms with Crippen LogP contribution >= 0.6 is 11.3 Å². The summed E-state index contributed by atoms with van der Waals surface area (Å²) in [5.74, 6) is 1.55. The van der Waals surface area contributed by atoms with Crippen LogP contribution in [0.3, 0.4) is 0 Å². The van der Waals surface area contributed by atoms with Crippen molar-refractivity contribution < 1.29 is 9.47 Å². The lowest BCUT2D eigenvalue weighted by Crippen LogP contribution is -2.28. The molecule has 3 aromatic carbocycles. The number of rotatable bonds is 9. The van der Waals surface area contributed by atoms with Crippen LogP contribution in [-0.4, -0.2) is 38.1 Å². The van der Waals surface area contributed by atoms with Crippen molar-refractivity contribution in [3.05, 3.63) is 127 Å². The maximum atomic E-state index is 13.5. The molecule has 0 aliphatic rings. The summed E-state index contributed by atoms with van der Waals surface area (Å²) in [6.07, 6.45) is 4.85. The number of nitrogens with zero attached hydrogens (tertiary/aromatic N) is 5. The lowest BCUT2D eigenvalue weighted by molar-refractivity contribution is 0.315. The third-order valence-corrected chi connectivity index (χ3v) is 7.90. The van der Waals surface area contributed by atoms with Crippen LogP contribution in [0.1, 0.15) is 35.7 Å². The summed E-state index contributed by atoms with van der Waals surface area (Å²) >= 11 is 1.12. The van der Waals surface area contributed by atoms with E-state index in [9.17, 15) is 9.59 Å². The van der Waals surface area contributed by atoms with E-state index in [2.05, 4.69) is 17.0 Å². The van der Waals surface area contributed by atoms with Crippen molar-refractivity contribution in [1.29, 1.82) is 0 Å². The number of hydrogen-bond acceptors (Lipinski definition) is 8. The second kappa shape index (κ2) is 12.0. The van der Waals surface area contributed by atoms with Crippen molar-refractivity contribution in [2.24, 2.45) is 0 Å². The third-order valence-electron chi connectivity index (χ3n) is 6.94. The van der Waals surface area contributed by atoms with E-state index < -0.39 is 5.56 Å². The molecule has 0 atom stereocenters. The van der Waals surface area contributed by atoms with Crippen molar-refractivity contribution in [2.75, 3.05) is 13.7 Å². The number of hydrogen-bond donors (Lipinski definition) is 0. The van der Waals surface area contributed by atoms with Gasteiger partial charge in [0, 0.05) is 23.7 Å². The zero-order chi connectivity index (χ0) is 29.9. The maximum absolute atomic E-state index is 13.5. The first-order valence-corrected chi connectivity index (χ1v) is 14.7. The molecule has 0 unspecified atom stereocenters. The molecular weight excluding hydrogens is 562 g/mol. The van der Waals surface area contributed by atoms with E-state index in [0.717, 1.165) is 51.4 Å². The second-order valence-electron chi connectivity index (χ2n) is 10.0. The van der Waals surface area contributed by atoms with E-state index in [-0.39, 0.29) is 22.6 Å². The Balaban J connectivity index is 1.44. The molecule has 216 valence electrons. The normalized spacial score (nSPS) is 11.7. The number of para-hydroxylation sites is 1. The molecule has 0 aliphatic carbocycles. The molecule has 10 heteroatoms. The van der Waals surface area contributed by atoms with E-state index in [1.807, 2.05) is 85.9 Å². The summed E-state index contributed by atoms with van der Waals surface area (Å²) in [4.78, 5) is 30.8. The molecule has 0 bridgehead atoms. The van der Waals surface area contributed by atoms with Crippen molar-refractivity contribution in [2.45, 2.75) is 26.7 Å². The Kier molecular flexibility index (Phi) is 7.84. The third kappa shape index (κ3) is 5.82. The first-order chi connectivity index (χ1) is 20.9. The SMILES string of the molecule is CCCOc1ccc(-c2nn(-c3ccccc3)cc2/C=c2\sc3nc(=O)c(Cc4ccc(OC)cc4)nn3c2=O)cc1C. The van der Waals surface area contributed by atoms with Crippen molar-refractivity contribution in [1.82, 2.24) is 24.4 Å². The highest BCUT2D eigenvalue weighted by atomic mass is 32.1. The highest BCUT2D eigenvalue weighted by Crippen LogP contribution is 2.29. The first-order valence-electron chi connectivity index (χ1n) is 13.9. The molecule has 43 heavy (non-hydrogen) atoms. The average molecular weight is 592 g/mol. The summed E-state index contributed by atoms with van der Waals surface area (Å²) in [6, 6.07) is 23.1. The average Bonchev–Trinajstić information content (AvgIpc) is 3.58. The molecule has 6 aromatic rings. The maximum Gasteiger partial charge on any atom is 0.296 e. The lowest BCUT2D eigenvalue weighted by Gasteiger charge is -2.09. The fraction of sp³-hybridized carbons (Fsp3) is 0.182. The van der Waals surface area contributed by atoms with Gasteiger partial charge < -0.3 is 9.47 Å². The minimum absolute atomic E-state index is 0.197. The zero-order valence-electron chi connectivity index (χ0n) is 24.0. The predicted molar refractivity (Wildman–Crippen MR) is 168 cm³/mol. The van der Waals surface area contributed by atoms with E-state index in [1.54, 1.807) is 17.9 Å². The van der Waals surface area contributed by atoms with Crippen LogP contribution < -0.4 is 25.1 Å². The molecule has 3 aromatic heterocycles. The Labute approximate surface area is 251 Å². The van der Waals surface area contributed by atoms with Gasteiger partial charge in [0.2, 0.25) is 4.96 Å². The van der Waals surface area contributed by atoms with Crippen LogP contribution in [0.25, 0.3) is 28.0 Å². The Morgan fingerprint density at radius 1 is 0.977 bits per heavy atom. The summed E-state index contributed by atoms with van der Waals surface area (Å²) in [7, 11) is 1.59. The number of fused-ring (bicyclic) bond motifs is 1. The Bertz CT molecular complexity index is 2080. The standard InChI is InChI=1S/C33H29N5O4S/c1-4-16-42-28-15-12-23(17-21(28)2)30-24(20-37(36-30)25-8-6-5-7-9-25)19-29-32(40)38-33(43-29)34-31(39)27(35-38)18-22-10-13-26(41-3)14-11-22/h5-15,17,19-20H,4,16,18H2,1-3H3/b29-19-. The van der Waals surface area contributed by atoms with Crippen LogP contribution in [0.5, 0.6) is 11.5 Å². The van der Waals surface area contributed by atoms with Gasteiger partial charge in [0.05, 0.1) is 23.9 Å². The fourth-order valence-electron chi connectivity index (χ4n) is 4.73. The van der Waals surface area contributed by atoms with E-state index in [0.29, 0.717) is 22.6 Å². The van der Waals surface area contributed by atoms with Crippen LogP contribution in [0, 0.1) is 6.92 Å². The molecule has 0 N–H and O–H groups in total. The van der Waals surface area contributed by atoms with Crippen molar-refractivity contribution >= 4 is 22.4 Å². The molecule has 3 heterocycles. The van der Waals surface area contributed by atoms with E-state index in [1.165, 1.54) is 4.52 Å². The van der Waals surface area contributed by atoms with Gasteiger partial charge in [-0.25, -0.2) is 4.68 Å². The van der Waals surface area contributed by atoms with E-state index >= 15 is 0 Å². The fourth-order valence-corrected chi connectivity index (χ4v) is 5.63. The highest BCUT2D eigenvalue weighted by Gasteiger charge is 2.16. The summed E-state index contributed by atoms with van der Waals surface area (Å²) in [5, 5.41) is 9.31. The molecule has 0 radical (unpaired) electrons. The minimum Gasteiger partial charge on any atom is -0.497 e. The van der Waals surface area contributed by atoms with Crippen LogP contribution in [0.15, 0.2) is 88.6 Å². The topological polar surface area (TPSA) is 101 Å². The predicted octanol–water partition coefficient (Wildman–Crippen LogP) is 4.61. The monoisotopic (exact) mass is 591 g/mol. The smallest absolute Gasteiger partial charge is 0.296 e. The molecule has 6 rings (SSSR count). The zero-order valence-corrected chi connectivity index (χ0v) is 24.8. The van der Waals surface area contributed by atoms with Crippen LogP contribution in [0.4, 0.5) is 0 Å². The van der Waals surface area contributed by atoms with Gasteiger partial charge in [-0.1, -0.05) is 48.6 Å². The van der Waals surface area contributed by atoms with Gasteiger partial charge in [-0.15, -0.1) is 0 Å². The molecule has 0 fully saturated rings. The lowest BCUT2D eigenvalue weighted by atomic mass is 10.0. The van der Waals surface area contributed by atoms with Gasteiger partial charge in [0.1, 0.15) is 22.9 Å². The number of thiazole rings is 1. The molecule has 0 saturated carbocycles. The number of aryl methyl sites for hydroxylation is 1.